The van der Waals surface area contributed by atoms with Gasteiger partial charge in [0.1, 0.15) is 17.5 Å². The van der Waals surface area contributed by atoms with Crippen LogP contribution in [0.3, 0.4) is 0 Å². The van der Waals surface area contributed by atoms with Crippen molar-refractivity contribution in [2.75, 3.05) is 46.3 Å². The zero-order valence-electron chi connectivity index (χ0n) is 26.1. The van der Waals surface area contributed by atoms with Gasteiger partial charge in [-0.15, -0.1) is 0 Å². The number of ether oxygens (including phenoxy) is 2. The van der Waals surface area contributed by atoms with E-state index in [1.807, 2.05) is 50.2 Å². The molecule has 3 atom stereocenters. The summed E-state index contributed by atoms with van der Waals surface area (Å²) in [7, 11) is 4.42. The molecule has 0 aromatic heterocycles. The highest BCUT2D eigenvalue weighted by Gasteiger charge is 2.39. The number of urea groups is 1. The first kappa shape index (κ1) is 32.1. The Bertz CT molecular complexity index is 1630. The standard InChI is InChI=1S/C34H39FN4O6/c1-19-22(21-14-27(35)25(31(15-21)44-5)16-36-29-18-45-13-12-30(29)40)8-6-9-23(19)24-10-7-11-28(20(24)2)37-32(41)26-17-38(3)34(43)39(4)33(26)42/h6-11,14-15,26,29-30,36,40H,12-13,16-18H2,1-5H3,(H,37,41)/t26?,29-,30-/m1/s1. The average Bonchev–Trinajstić information content (AvgIpc) is 3.02. The molecular weight excluding hydrogens is 579 g/mol. The number of methoxy groups -OCH3 is 1. The van der Waals surface area contributed by atoms with Gasteiger partial charge in [0.25, 0.3) is 0 Å². The van der Waals surface area contributed by atoms with Gasteiger partial charge in [0.15, 0.2) is 0 Å². The maximum Gasteiger partial charge on any atom is 0.326 e. The number of amides is 4. The van der Waals surface area contributed by atoms with E-state index in [0.717, 1.165) is 32.7 Å². The second kappa shape index (κ2) is 13.4. The Labute approximate surface area is 262 Å². The normalized spacial score (nSPS) is 20.4. The number of nitrogens with one attached hydrogen (secondary N) is 2. The van der Waals surface area contributed by atoms with Crippen molar-refractivity contribution in [3.8, 4) is 28.0 Å². The molecule has 0 spiro atoms. The lowest BCUT2D eigenvalue weighted by molar-refractivity contribution is -0.140. The highest BCUT2D eigenvalue weighted by molar-refractivity contribution is 6.12. The van der Waals surface area contributed by atoms with Gasteiger partial charge in [-0.1, -0.05) is 30.3 Å². The Hall–Kier alpha value is -4.32. The van der Waals surface area contributed by atoms with E-state index in [2.05, 4.69) is 10.6 Å². The first-order chi connectivity index (χ1) is 21.5. The summed E-state index contributed by atoms with van der Waals surface area (Å²) in [6.45, 7) is 4.88. The first-order valence-electron chi connectivity index (χ1n) is 14.9. The third kappa shape index (κ3) is 6.42. The molecule has 1 unspecified atom stereocenters. The number of hydrogen-bond donors (Lipinski definition) is 3. The fourth-order valence-corrected chi connectivity index (χ4v) is 6.01. The number of hydrogen-bond acceptors (Lipinski definition) is 7. The van der Waals surface area contributed by atoms with E-state index in [-0.39, 0.29) is 19.1 Å². The molecule has 10 nitrogen and oxygen atoms in total. The van der Waals surface area contributed by atoms with Crippen molar-refractivity contribution in [2.45, 2.75) is 39.0 Å². The van der Waals surface area contributed by atoms with Gasteiger partial charge in [0.2, 0.25) is 11.8 Å². The van der Waals surface area contributed by atoms with E-state index < -0.39 is 35.7 Å². The van der Waals surface area contributed by atoms with Crippen LogP contribution < -0.4 is 15.4 Å². The number of anilines is 1. The smallest absolute Gasteiger partial charge is 0.326 e. The van der Waals surface area contributed by atoms with Crippen LogP contribution in [-0.2, 0) is 20.9 Å². The fraction of sp³-hybridized carbons (Fsp3) is 0.382. The quantitative estimate of drug-likeness (QED) is 0.325. The van der Waals surface area contributed by atoms with Crippen LogP contribution >= 0.6 is 0 Å². The van der Waals surface area contributed by atoms with Crippen molar-refractivity contribution in [1.29, 1.82) is 0 Å². The molecule has 2 aliphatic rings. The Morgan fingerprint density at radius 3 is 2.47 bits per heavy atom. The van der Waals surface area contributed by atoms with Gasteiger partial charge in [0, 0.05) is 45.0 Å². The number of halogens is 1. The lowest BCUT2D eigenvalue weighted by atomic mass is 9.90. The lowest BCUT2D eigenvalue weighted by Crippen LogP contribution is -2.56. The highest BCUT2D eigenvalue weighted by atomic mass is 19.1. The number of aliphatic hydroxyl groups excluding tert-OH is 1. The molecule has 4 amide bonds. The molecule has 3 aromatic carbocycles. The van der Waals surface area contributed by atoms with E-state index in [0.29, 0.717) is 42.2 Å². The van der Waals surface area contributed by atoms with E-state index in [9.17, 15) is 19.5 Å². The van der Waals surface area contributed by atoms with Crippen molar-refractivity contribution in [1.82, 2.24) is 15.1 Å². The molecule has 2 fully saturated rings. The average molecular weight is 619 g/mol. The largest absolute Gasteiger partial charge is 0.496 e. The number of aliphatic hydroxyl groups is 1. The van der Waals surface area contributed by atoms with Crippen LogP contribution in [0.2, 0.25) is 0 Å². The summed E-state index contributed by atoms with van der Waals surface area (Å²) in [6.07, 6.45) is -0.0328. The number of carbonyl (C=O) groups is 3. The Morgan fingerprint density at radius 1 is 1.07 bits per heavy atom. The summed E-state index contributed by atoms with van der Waals surface area (Å²) in [5.74, 6) is -2.08. The van der Waals surface area contributed by atoms with E-state index in [1.165, 1.54) is 25.1 Å². The highest BCUT2D eigenvalue weighted by Crippen LogP contribution is 2.38. The van der Waals surface area contributed by atoms with Gasteiger partial charge in [-0.25, -0.2) is 9.18 Å². The van der Waals surface area contributed by atoms with Crippen molar-refractivity contribution in [3.63, 3.8) is 0 Å². The summed E-state index contributed by atoms with van der Waals surface area (Å²) >= 11 is 0. The summed E-state index contributed by atoms with van der Waals surface area (Å²) in [5.41, 5.74) is 5.85. The molecule has 2 aliphatic heterocycles. The minimum Gasteiger partial charge on any atom is -0.496 e. The van der Waals surface area contributed by atoms with E-state index >= 15 is 4.39 Å². The van der Waals surface area contributed by atoms with E-state index in [1.54, 1.807) is 13.1 Å². The molecule has 2 saturated heterocycles. The molecule has 45 heavy (non-hydrogen) atoms. The molecular formula is C34H39FN4O6. The number of benzene rings is 3. The minimum absolute atomic E-state index is 0.000440. The molecule has 2 heterocycles. The van der Waals surface area contributed by atoms with Crippen molar-refractivity contribution >= 4 is 23.5 Å². The summed E-state index contributed by atoms with van der Waals surface area (Å²) in [6, 6.07) is 13.9. The molecule has 0 saturated carbocycles. The molecule has 0 aliphatic carbocycles. The lowest BCUT2D eigenvalue weighted by Gasteiger charge is -2.33. The van der Waals surface area contributed by atoms with E-state index in [4.69, 9.17) is 9.47 Å². The maximum atomic E-state index is 15.6. The fourth-order valence-electron chi connectivity index (χ4n) is 6.01. The van der Waals surface area contributed by atoms with Gasteiger partial charge in [0.05, 0.1) is 25.9 Å². The van der Waals surface area contributed by atoms with Gasteiger partial charge in [-0.3, -0.25) is 14.5 Å². The minimum atomic E-state index is -1.02. The number of nitrogens with zero attached hydrogens (tertiary/aromatic N) is 2. The number of rotatable bonds is 8. The van der Waals surface area contributed by atoms with Crippen LogP contribution in [0.15, 0.2) is 48.5 Å². The predicted octanol–water partition coefficient (Wildman–Crippen LogP) is 4.10. The third-order valence-electron chi connectivity index (χ3n) is 8.78. The maximum absolute atomic E-state index is 15.6. The molecule has 11 heteroatoms. The second-order valence-electron chi connectivity index (χ2n) is 11.6. The molecule has 3 N–H and O–H groups in total. The SMILES string of the molecule is COc1cc(-c2cccc(-c3cccc(NC(=O)C4CN(C)C(=O)N(C)C4=O)c3C)c2C)cc(F)c1CN[C@@H]1COCC[C@H]1O. The summed E-state index contributed by atoms with van der Waals surface area (Å²) < 4.78 is 26.6. The first-order valence-corrected chi connectivity index (χ1v) is 14.9. The topological polar surface area (TPSA) is 120 Å². The number of imide groups is 1. The van der Waals surface area contributed by atoms with Crippen molar-refractivity contribution in [3.05, 3.63) is 71.0 Å². The Balaban J connectivity index is 1.41. The predicted molar refractivity (Wildman–Crippen MR) is 168 cm³/mol. The Kier molecular flexibility index (Phi) is 9.52. The molecule has 3 aromatic rings. The third-order valence-corrected chi connectivity index (χ3v) is 8.78. The van der Waals surface area contributed by atoms with Gasteiger partial charge >= 0.3 is 6.03 Å². The van der Waals surface area contributed by atoms with Crippen LogP contribution in [0, 0.1) is 25.6 Å². The molecule has 5 rings (SSSR count). The summed E-state index contributed by atoms with van der Waals surface area (Å²) in [4.78, 5) is 40.3. The zero-order valence-corrected chi connectivity index (χ0v) is 26.1. The van der Waals surface area contributed by atoms with Crippen molar-refractivity contribution in [2.24, 2.45) is 5.92 Å². The molecule has 0 bridgehead atoms. The van der Waals surface area contributed by atoms with Gasteiger partial charge < -0.3 is 30.1 Å². The van der Waals surface area contributed by atoms with Crippen LogP contribution in [0.4, 0.5) is 14.9 Å². The van der Waals surface area contributed by atoms with Crippen LogP contribution in [0.25, 0.3) is 22.3 Å². The number of carbonyl (C=O) groups excluding carboxylic acids is 3. The van der Waals surface area contributed by atoms with Crippen LogP contribution in [0.1, 0.15) is 23.1 Å². The zero-order chi connectivity index (χ0) is 32.4. The monoisotopic (exact) mass is 618 g/mol. The molecule has 238 valence electrons. The van der Waals surface area contributed by atoms with Gasteiger partial charge in [-0.05, 0) is 71.8 Å². The Morgan fingerprint density at radius 2 is 1.76 bits per heavy atom. The van der Waals surface area contributed by atoms with Crippen LogP contribution in [0.5, 0.6) is 5.75 Å². The van der Waals surface area contributed by atoms with Crippen LogP contribution in [-0.4, -0.2) is 85.9 Å². The molecule has 0 radical (unpaired) electrons. The summed E-state index contributed by atoms with van der Waals surface area (Å²) in [5, 5.41) is 16.3. The second-order valence-corrected chi connectivity index (χ2v) is 11.6. The van der Waals surface area contributed by atoms with Crippen molar-refractivity contribution < 1.29 is 33.4 Å². The van der Waals surface area contributed by atoms with Gasteiger partial charge in [-0.2, -0.15) is 0 Å².